The van der Waals surface area contributed by atoms with Gasteiger partial charge in [-0.15, -0.1) is 0 Å². The lowest BCUT2D eigenvalue weighted by molar-refractivity contribution is 1.12. The first-order valence-electron chi connectivity index (χ1n) is 6.54. The molecular weight excluding hydrogens is 298 g/mol. The van der Waals surface area contributed by atoms with Crippen molar-refractivity contribution < 1.29 is 0 Å². The molecule has 2 aromatic carbocycles. The van der Waals surface area contributed by atoms with E-state index in [0.29, 0.717) is 0 Å². The van der Waals surface area contributed by atoms with E-state index in [4.69, 9.17) is 0 Å². The molecule has 0 unspecified atom stereocenters. The van der Waals surface area contributed by atoms with Crippen molar-refractivity contribution in [3.05, 3.63) is 62.6 Å². The summed E-state index contributed by atoms with van der Waals surface area (Å²) in [6, 6.07) is 10.9. The van der Waals surface area contributed by atoms with Gasteiger partial charge < -0.3 is 5.32 Å². The van der Waals surface area contributed by atoms with Crippen molar-refractivity contribution in [3.8, 4) is 0 Å². The maximum absolute atomic E-state index is 3.58. The second kappa shape index (κ2) is 5.79. The topological polar surface area (TPSA) is 12.0 Å². The fourth-order valence-corrected chi connectivity index (χ4v) is 2.82. The Balaban J connectivity index is 2.16. The van der Waals surface area contributed by atoms with Gasteiger partial charge >= 0.3 is 0 Å². The minimum atomic E-state index is 0.851. The average Bonchev–Trinajstić information content (AvgIpc) is 2.32. The van der Waals surface area contributed by atoms with Crippen LogP contribution in [0.1, 0.15) is 27.8 Å². The summed E-state index contributed by atoms with van der Waals surface area (Å²) in [7, 11) is 0. The molecule has 0 aliphatic heterocycles. The van der Waals surface area contributed by atoms with Crippen LogP contribution in [-0.2, 0) is 6.54 Å². The van der Waals surface area contributed by atoms with Gasteiger partial charge in [0.1, 0.15) is 0 Å². The third-order valence-electron chi connectivity index (χ3n) is 3.38. The highest BCUT2D eigenvalue weighted by atomic mass is 79.9. The Bertz CT molecular complexity index is 579. The van der Waals surface area contributed by atoms with Gasteiger partial charge in [-0.25, -0.2) is 0 Å². The Hall–Kier alpha value is -1.28. The first kappa shape index (κ1) is 14.1. The maximum atomic E-state index is 3.58. The van der Waals surface area contributed by atoms with Gasteiger partial charge in [0.05, 0.1) is 0 Å². The number of rotatable bonds is 3. The average molecular weight is 318 g/mol. The summed E-state index contributed by atoms with van der Waals surface area (Å²) in [5, 5.41) is 3.55. The molecule has 0 saturated carbocycles. The molecule has 1 nitrogen and oxygen atoms in total. The molecule has 0 bridgehead atoms. The van der Waals surface area contributed by atoms with E-state index in [1.165, 1.54) is 38.0 Å². The molecule has 0 aromatic heterocycles. The third-order valence-corrected chi connectivity index (χ3v) is 4.24. The van der Waals surface area contributed by atoms with E-state index in [2.05, 4.69) is 79.3 Å². The van der Waals surface area contributed by atoms with Crippen molar-refractivity contribution in [2.45, 2.75) is 34.2 Å². The Kier molecular flexibility index (Phi) is 4.31. The Labute approximate surface area is 124 Å². The maximum Gasteiger partial charge on any atom is 0.0402 e. The predicted molar refractivity (Wildman–Crippen MR) is 86.9 cm³/mol. The van der Waals surface area contributed by atoms with Gasteiger partial charge in [-0.3, -0.25) is 0 Å². The highest BCUT2D eigenvalue weighted by molar-refractivity contribution is 9.10. The molecule has 100 valence electrons. The minimum Gasteiger partial charge on any atom is -0.381 e. The zero-order chi connectivity index (χ0) is 14.0. The summed E-state index contributed by atoms with van der Waals surface area (Å²) < 4.78 is 1.17. The lowest BCUT2D eigenvalue weighted by Gasteiger charge is -2.14. The number of benzene rings is 2. The molecule has 0 amide bonds. The normalized spacial score (nSPS) is 10.6. The summed E-state index contributed by atoms with van der Waals surface area (Å²) >= 11 is 3.58. The summed E-state index contributed by atoms with van der Waals surface area (Å²) in [5.41, 5.74) is 7.75. The Morgan fingerprint density at radius 1 is 0.895 bits per heavy atom. The SMILES string of the molecule is Cc1cc(C)c(NCc2ccc(C)c(Br)c2)c(C)c1. The van der Waals surface area contributed by atoms with E-state index in [0.717, 1.165) is 6.54 Å². The van der Waals surface area contributed by atoms with E-state index >= 15 is 0 Å². The molecule has 0 fully saturated rings. The monoisotopic (exact) mass is 317 g/mol. The standard InChI is InChI=1S/C17H20BrN/c1-11-7-13(3)17(14(4)8-11)19-10-15-6-5-12(2)16(18)9-15/h5-9,19H,10H2,1-4H3. The number of hydrogen-bond donors (Lipinski definition) is 1. The van der Waals surface area contributed by atoms with Crippen molar-refractivity contribution in [1.29, 1.82) is 0 Å². The van der Waals surface area contributed by atoms with Crippen LogP contribution in [0.15, 0.2) is 34.8 Å². The van der Waals surface area contributed by atoms with Crippen LogP contribution in [0.4, 0.5) is 5.69 Å². The smallest absolute Gasteiger partial charge is 0.0402 e. The van der Waals surface area contributed by atoms with E-state index < -0.39 is 0 Å². The number of anilines is 1. The Morgan fingerprint density at radius 2 is 1.53 bits per heavy atom. The second-order valence-electron chi connectivity index (χ2n) is 5.21. The molecule has 2 rings (SSSR count). The predicted octanol–water partition coefficient (Wildman–Crippen LogP) is 5.29. The molecule has 0 saturated heterocycles. The second-order valence-corrected chi connectivity index (χ2v) is 6.07. The fraction of sp³-hybridized carbons (Fsp3) is 0.294. The molecule has 1 N–H and O–H groups in total. The van der Waals surface area contributed by atoms with Gasteiger partial charge in [0.25, 0.3) is 0 Å². The number of aryl methyl sites for hydroxylation is 4. The molecular formula is C17H20BrN. The lowest BCUT2D eigenvalue weighted by atomic mass is 10.0. The summed E-state index contributed by atoms with van der Waals surface area (Å²) in [5.74, 6) is 0. The minimum absolute atomic E-state index is 0.851. The first-order chi connectivity index (χ1) is 8.97. The van der Waals surface area contributed by atoms with Crippen molar-refractivity contribution in [2.24, 2.45) is 0 Å². The van der Waals surface area contributed by atoms with Crippen molar-refractivity contribution in [3.63, 3.8) is 0 Å². The molecule has 2 heteroatoms. The number of hydrogen-bond acceptors (Lipinski definition) is 1. The molecule has 0 aliphatic carbocycles. The van der Waals surface area contributed by atoms with Crippen LogP contribution in [0.3, 0.4) is 0 Å². The van der Waals surface area contributed by atoms with Crippen LogP contribution in [0.2, 0.25) is 0 Å². The molecule has 0 spiro atoms. The van der Waals surface area contributed by atoms with Crippen LogP contribution in [0.25, 0.3) is 0 Å². The first-order valence-corrected chi connectivity index (χ1v) is 7.33. The van der Waals surface area contributed by atoms with Gasteiger partial charge in [-0.05, 0) is 56.0 Å². The van der Waals surface area contributed by atoms with Gasteiger partial charge in [0.2, 0.25) is 0 Å². The van der Waals surface area contributed by atoms with Gasteiger partial charge in [0.15, 0.2) is 0 Å². The molecule has 0 heterocycles. The van der Waals surface area contributed by atoms with Crippen molar-refractivity contribution in [2.75, 3.05) is 5.32 Å². The van der Waals surface area contributed by atoms with E-state index in [1.807, 2.05) is 0 Å². The van der Waals surface area contributed by atoms with Gasteiger partial charge in [-0.2, -0.15) is 0 Å². The lowest BCUT2D eigenvalue weighted by Crippen LogP contribution is -2.03. The summed E-state index contributed by atoms with van der Waals surface area (Å²) in [6.45, 7) is 9.42. The fourth-order valence-electron chi connectivity index (χ4n) is 2.40. The van der Waals surface area contributed by atoms with Crippen LogP contribution in [0, 0.1) is 27.7 Å². The van der Waals surface area contributed by atoms with Gasteiger partial charge in [0, 0.05) is 16.7 Å². The summed E-state index contributed by atoms with van der Waals surface area (Å²) in [6.07, 6.45) is 0. The van der Waals surface area contributed by atoms with Crippen LogP contribution in [-0.4, -0.2) is 0 Å². The van der Waals surface area contributed by atoms with Crippen molar-refractivity contribution in [1.82, 2.24) is 0 Å². The zero-order valence-corrected chi connectivity index (χ0v) is 13.6. The quantitative estimate of drug-likeness (QED) is 0.810. The van der Waals surface area contributed by atoms with E-state index in [9.17, 15) is 0 Å². The third kappa shape index (κ3) is 3.38. The largest absolute Gasteiger partial charge is 0.381 e. The Morgan fingerprint density at radius 3 is 2.11 bits per heavy atom. The van der Waals surface area contributed by atoms with Gasteiger partial charge in [-0.1, -0.05) is 45.8 Å². The van der Waals surface area contributed by atoms with Crippen LogP contribution < -0.4 is 5.32 Å². The zero-order valence-electron chi connectivity index (χ0n) is 12.0. The highest BCUT2D eigenvalue weighted by Gasteiger charge is 2.04. The number of halogens is 1. The molecule has 2 aromatic rings. The molecule has 0 atom stereocenters. The van der Waals surface area contributed by atoms with Crippen molar-refractivity contribution >= 4 is 21.6 Å². The molecule has 0 aliphatic rings. The number of nitrogens with one attached hydrogen (secondary N) is 1. The highest BCUT2D eigenvalue weighted by Crippen LogP contribution is 2.23. The summed E-state index contributed by atoms with van der Waals surface area (Å²) in [4.78, 5) is 0. The van der Waals surface area contributed by atoms with Crippen LogP contribution in [0.5, 0.6) is 0 Å². The van der Waals surface area contributed by atoms with Crippen LogP contribution >= 0.6 is 15.9 Å². The van der Waals surface area contributed by atoms with E-state index in [-0.39, 0.29) is 0 Å². The molecule has 0 radical (unpaired) electrons. The van der Waals surface area contributed by atoms with E-state index in [1.54, 1.807) is 0 Å². The molecule has 19 heavy (non-hydrogen) atoms.